The van der Waals surface area contributed by atoms with Gasteiger partial charge in [-0.3, -0.25) is 9.59 Å². The van der Waals surface area contributed by atoms with Gasteiger partial charge >= 0.3 is 11.8 Å². The second kappa shape index (κ2) is 8.57. The van der Waals surface area contributed by atoms with Crippen molar-refractivity contribution in [2.24, 2.45) is 0 Å². The van der Waals surface area contributed by atoms with Gasteiger partial charge in [-0.1, -0.05) is 58.0 Å². The summed E-state index contributed by atoms with van der Waals surface area (Å²) in [5.74, 6) is -0.603. The maximum atomic E-state index is 12.4. The van der Waals surface area contributed by atoms with Crippen LogP contribution in [0.15, 0.2) is 36.4 Å². The molecule has 2 aromatic carbocycles. The first-order valence-corrected chi connectivity index (χ1v) is 9.89. The van der Waals surface area contributed by atoms with Crippen LogP contribution in [0, 0.1) is 0 Å². The third-order valence-electron chi connectivity index (χ3n) is 5.17. The van der Waals surface area contributed by atoms with Crippen LogP contribution in [-0.4, -0.2) is 11.8 Å². The van der Waals surface area contributed by atoms with Crippen LogP contribution in [0.2, 0.25) is 0 Å². The van der Waals surface area contributed by atoms with E-state index >= 15 is 0 Å². The van der Waals surface area contributed by atoms with Gasteiger partial charge in [-0.2, -0.15) is 0 Å². The maximum absolute atomic E-state index is 12.4. The van der Waals surface area contributed by atoms with Gasteiger partial charge in [0.1, 0.15) is 0 Å². The Morgan fingerprint density at radius 1 is 0.929 bits per heavy atom. The van der Waals surface area contributed by atoms with Gasteiger partial charge in [-0.25, -0.2) is 0 Å². The third-order valence-corrected chi connectivity index (χ3v) is 5.17. The molecular weight excluding hydrogens is 350 g/mol. The molecule has 148 valence electrons. The van der Waals surface area contributed by atoms with E-state index < -0.39 is 11.8 Å². The number of hydrogen-bond donors (Lipinski definition) is 3. The fraction of sp³-hybridized carbons (Fsp3) is 0.391. The first-order chi connectivity index (χ1) is 13.3. The van der Waals surface area contributed by atoms with E-state index in [9.17, 15) is 9.59 Å². The summed E-state index contributed by atoms with van der Waals surface area (Å²) in [4.78, 5) is 24.7. The first-order valence-electron chi connectivity index (χ1n) is 9.89. The third kappa shape index (κ3) is 4.60. The van der Waals surface area contributed by atoms with Gasteiger partial charge in [-0.15, -0.1) is 0 Å². The molecule has 0 radical (unpaired) electrons. The number of carbonyl (C=O) groups is 2. The Kier molecular flexibility index (Phi) is 6.15. The summed E-state index contributed by atoms with van der Waals surface area (Å²) in [5, 5.41) is 8.79. The second-order valence-electron chi connectivity index (χ2n) is 8.00. The van der Waals surface area contributed by atoms with E-state index in [1.807, 2.05) is 18.2 Å². The fourth-order valence-electron chi connectivity index (χ4n) is 3.43. The summed E-state index contributed by atoms with van der Waals surface area (Å²) in [5.41, 5.74) is 6.49. The molecule has 0 atom stereocenters. The lowest BCUT2D eigenvalue weighted by Crippen LogP contribution is -2.35. The predicted octanol–water partition coefficient (Wildman–Crippen LogP) is 3.79. The van der Waals surface area contributed by atoms with E-state index in [0.717, 1.165) is 24.2 Å². The standard InChI is InChI=1S/C23H29N3O2/c1-14(2)17-7-8-21(20(10-17)15(3)4)26-23(28)22(27)25-11-16-5-6-18-12-24-13-19(18)9-16/h5-10,14-15,24H,11-13H2,1-4H3,(H,25,27)(H,26,28). The minimum absolute atomic E-state index is 0.247. The SMILES string of the molecule is CC(C)c1ccc(NC(=O)C(=O)NCc2ccc3c(c2)CNC3)c(C(C)C)c1. The molecule has 5 heteroatoms. The topological polar surface area (TPSA) is 70.2 Å². The molecule has 2 amide bonds. The molecule has 0 aromatic heterocycles. The number of nitrogens with one attached hydrogen (secondary N) is 3. The summed E-state index contributed by atoms with van der Waals surface area (Å²) in [6.45, 7) is 10.5. The van der Waals surface area contributed by atoms with Crippen LogP contribution in [0.25, 0.3) is 0 Å². The fourth-order valence-corrected chi connectivity index (χ4v) is 3.43. The van der Waals surface area contributed by atoms with Crippen molar-refractivity contribution in [3.05, 3.63) is 64.2 Å². The van der Waals surface area contributed by atoms with Crippen molar-refractivity contribution >= 4 is 17.5 Å². The van der Waals surface area contributed by atoms with Crippen molar-refractivity contribution in [2.75, 3.05) is 5.32 Å². The van der Waals surface area contributed by atoms with Crippen molar-refractivity contribution in [1.82, 2.24) is 10.6 Å². The minimum atomic E-state index is -0.637. The number of amides is 2. The first kappa shape index (κ1) is 20.1. The molecule has 0 bridgehead atoms. The molecule has 0 spiro atoms. The van der Waals surface area contributed by atoms with Crippen molar-refractivity contribution < 1.29 is 9.59 Å². The summed E-state index contributed by atoms with van der Waals surface area (Å²) in [7, 11) is 0. The second-order valence-corrected chi connectivity index (χ2v) is 8.00. The van der Waals surface area contributed by atoms with Gasteiger partial charge in [0.25, 0.3) is 0 Å². The van der Waals surface area contributed by atoms with E-state index in [2.05, 4.69) is 61.8 Å². The van der Waals surface area contributed by atoms with Crippen LogP contribution in [0.1, 0.15) is 67.3 Å². The highest BCUT2D eigenvalue weighted by Gasteiger charge is 2.17. The zero-order chi connectivity index (χ0) is 20.3. The quantitative estimate of drug-likeness (QED) is 0.692. The molecule has 28 heavy (non-hydrogen) atoms. The van der Waals surface area contributed by atoms with Crippen LogP contribution in [-0.2, 0) is 29.2 Å². The Bertz CT molecular complexity index is 887. The van der Waals surface area contributed by atoms with Gasteiger partial charge in [0.15, 0.2) is 0 Å². The van der Waals surface area contributed by atoms with Crippen LogP contribution in [0.5, 0.6) is 0 Å². The molecule has 2 aromatic rings. The van der Waals surface area contributed by atoms with Gasteiger partial charge < -0.3 is 16.0 Å². The van der Waals surface area contributed by atoms with Crippen LogP contribution < -0.4 is 16.0 Å². The molecule has 5 nitrogen and oxygen atoms in total. The van der Waals surface area contributed by atoms with Crippen molar-refractivity contribution in [3.8, 4) is 0 Å². The number of rotatable bonds is 5. The monoisotopic (exact) mass is 379 g/mol. The van der Waals surface area contributed by atoms with Crippen molar-refractivity contribution in [3.63, 3.8) is 0 Å². The zero-order valence-electron chi connectivity index (χ0n) is 17.1. The van der Waals surface area contributed by atoms with Gasteiger partial charge in [-0.05, 0) is 45.7 Å². The molecule has 0 fully saturated rings. The molecule has 0 saturated heterocycles. The van der Waals surface area contributed by atoms with E-state index in [0.29, 0.717) is 18.2 Å². The van der Waals surface area contributed by atoms with Gasteiger partial charge in [0.05, 0.1) is 0 Å². The molecule has 0 unspecified atom stereocenters. The molecule has 0 aliphatic carbocycles. The Balaban J connectivity index is 1.63. The van der Waals surface area contributed by atoms with E-state index in [1.54, 1.807) is 0 Å². The predicted molar refractivity (Wildman–Crippen MR) is 112 cm³/mol. The molecule has 1 aliphatic rings. The average Bonchev–Trinajstić information content (AvgIpc) is 3.13. The van der Waals surface area contributed by atoms with Crippen molar-refractivity contribution in [1.29, 1.82) is 0 Å². The Hall–Kier alpha value is -2.66. The normalized spacial score (nSPS) is 12.9. The van der Waals surface area contributed by atoms with E-state index in [1.165, 1.54) is 16.7 Å². The highest BCUT2D eigenvalue weighted by molar-refractivity contribution is 6.39. The summed E-state index contributed by atoms with van der Waals surface area (Å²) >= 11 is 0. The van der Waals surface area contributed by atoms with E-state index in [4.69, 9.17) is 0 Å². The summed E-state index contributed by atoms with van der Waals surface area (Å²) < 4.78 is 0. The lowest BCUT2D eigenvalue weighted by molar-refractivity contribution is -0.136. The molecule has 0 saturated carbocycles. The maximum Gasteiger partial charge on any atom is 0.313 e. The van der Waals surface area contributed by atoms with Crippen molar-refractivity contribution in [2.45, 2.75) is 59.2 Å². The largest absolute Gasteiger partial charge is 0.344 e. The molecule has 3 rings (SSSR count). The summed E-state index contributed by atoms with van der Waals surface area (Å²) in [6, 6.07) is 12.1. The van der Waals surface area contributed by atoms with Crippen LogP contribution >= 0.6 is 0 Å². The smallest absolute Gasteiger partial charge is 0.313 e. The Labute approximate surface area is 166 Å². The molecule has 3 N–H and O–H groups in total. The Morgan fingerprint density at radius 2 is 1.68 bits per heavy atom. The number of hydrogen-bond acceptors (Lipinski definition) is 3. The van der Waals surface area contributed by atoms with Gasteiger partial charge in [0.2, 0.25) is 0 Å². The number of anilines is 1. The summed E-state index contributed by atoms with van der Waals surface area (Å²) in [6.07, 6.45) is 0. The van der Waals surface area contributed by atoms with Gasteiger partial charge in [0, 0.05) is 25.3 Å². The number of carbonyl (C=O) groups excluding carboxylic acids is 2. The Morgan fingerprint density at radius 3 is 2.39 bits per heavy atom. The van der Waals surface area contributed by atoms with Crippen LogP contribution in [0.4, 0.5) is 5.69 Å². The number of fused-ring (bicyclic) bond motifs is 1. The lowest BCUT2D eigenvalue weighted by Gasteiger charge is -2.17. The highest BCUT2D eigenvalue weighted by atomic mass is 16.2. The minimum Gasteiger partial charge on any atom is -0.344 e. The molecule has 1 heterocycles. The van der Waals surface area contributed by atoms with E-state index in [-0.39, 0.29) is 5.92 Å². The highest BCUT2D eigenvalue weighted by Crippen LogP contribution is 2.28. The zero-order valence-corrected chi connectivity index (χ0v) is 17.1. The number of benzene rings is 2. The lowest BCUT2D eigenvalue weighted by atomic mass is 9.94. The molecule has 1 aliphatic heterocycles. The average molecular weight is 380 g/mol. The molecular formula is C23H29N3O2. The van der Waals surface area contributed by atoms with Crippen LogP contribution in [0.3, 0.4) is 0 Å².